The molecular weight excluding hydrogens is 448 g/mol. The Kier molecular flexibility index (Phi) is 10.4. The third kappa shape index (κ3) is 6.02. The molecule has 1 amide bonds. The van der Waals surface area contributed by atoms with Gasteiger partial charge in [0.1, 0.15) is 5.82 Å². The van der Waals surface area contributed by atoms with Crippen molar-refractivity contribution >= 4 is 30.7 Å². The van der Waals surface area contributed by atoms with E-state index in [9.17, 15) is 9.18 Å². The second-order valence-electron chi connectivity index (χ2n) is 8.37. The van der Waals surface area contributed by atoms with E-state index >= 15 is 0 Å². The topological polar surface area (TPSA) is 26.8 Å². The van der Waals surface area contributed by atoms with Gasteiger partial charge in [-0.3, -0.25) is 14.6 Å². The molecule has 0 saturated carbocycles. The lowest BCUT2D eigenvalue weighted by molar-refractivity contribution is -0.140. The Morgan fingerprint density at radius 1 is 0.906 bits per heavy atom. The molecule has 7 heteroatoms. The molecule has 0 bridgehead atoms. The maximum atomic E-state index is 13.5. The van der Waals surface area contributed by atoms with E-state index < -0.39 is 0 Å². The molecule has 2 heterocycles. The molecule has 32 heavy (non-hydrogen) atoms. The van der Waals surface area contributed by atoms with Crippen molar-refractivity contribution in [3.05, 3.63) is 71.5 Å². The van der Waals surface area contributed by atoms with Gasteiger partial charge in [-0.1, -0.05) is 55.8 Å². The second kappa shape index (κ2) is 12.5. The number of likely N-dealkylation sites (N-methyl/N-ethyl adjacent to an activating group) is 1. The van der Waals surface area contributed by atoms with Crippen molar-refractivity contribution in [3.8, 4) is 0 Å². The lowest BCUT2D eigenvalue weighted by Gasteiger charge is -2.42. The summed E-state index contributed by atoms with van der Waals surface area (Å²) in [7, 11) is 0. The zero-order valence-electron chi connectivity index (χ0n) is 18.7. The number of hydrogen-bond acceptors (Lipinski definition) is 3. The number of carbonyl (C=O) groups excluding carboxylic acids is 1. The molecule has 2 saturated heterocycles. The maximum Gasteiger partial charge on any atom is 0.240 e. The number of amides is 1. The fraction of sp³-hybridized carbons (Fsp3) is 0.480. The number of rotatable bonds is 5. The van der Waals surface area contributed by atoms with E-state index in [2.05, 4.69) is 33.8 Å². The van der Waals surface area contributed by atoms with E-state index in [4.69, 9.17) is 0 Å². The van der Waals surface area contributed by atoms with Gasteiger partial charge in [0, 0.05) is 26.2 Å². The maximum absolute atomic E-state index is 13.5. The van der Waals surface area contributed by atoms with Crippen LogP contribution < -0.4 is 0 Å². The van der Waals surface area contributed by atoms with Crippen LogP contribution in [0.25, 0.3) is 0 Å². The minimum atomic E-state index is -0.214. The van der Waals surface area contributed by atoms with Crippen LogP contribution in [0.15, 0.2) is 54.6 Å². The predicted molar refractivity (Wildman–Crippen MR) is 132 cm³/mol. The Hall–Kier alpha value is -1.66. The molecular formula is C25H34Cl2FN3O. The number of carbonyl (C=O) groups is 1. The highest BCUT2D eigenvalue weighted by Gasteiger charge is 2.34. The van der Waals surface area contributed by atoms with Crippen molar-refractivity contribution in [2.75, 3.05) is 39.3 Å². The van der Waals surface area contributed by atoms with Gasteiger partial charge < -0.3 is 4.90 Å². The average molecular weight is 482 g/mol. The number of halogens is 3. The monoisotopic (exact) mass is 481 g/mol. The smallest absolute Gasteiger partial charge is 0.240 e. The summed E-state index contributed by atoms with van der Waals surface area (Å²) in [6.45, 7) is 7.26. The zero-order chi connectivity index (χ0) is 20.9. The van der Waals surface area contributed by atoms with Crippen LogP contribution in [0.3, 0.4) is 0 Å². The van der Waals surface area contributed by atoms with E-state index in [-0.39, 0.29) is 42.7 Å². The van der Waals surface area contributed by atoms with Crippen LogP contribution in [0.2, 0.25) is 0 Å². The molecule has 2 aromatic rings. The standard InChI is InChI=1S/C25H32FN3O.2ClH/c1-2-27-15-7-6-10-23(27)25(30)29-18-16-28(17-19-29)24(20-8-4-3-5-9-20)21-11-13-22(26)14-12-21;;/h3-5,8-9,11-14,23-24H,2,6-7,10,15-19H2,1H3;2*1H/t23-,24?;;/m0../s1. The Morgan fingerprint density at radius 2 is 1.53 bits per heavy atom. The molecule has 0 spiro atoms. The molecule has 0 N–H and O–H groups in total. The average Bonchev–Trinajstić information content (AvgIpc) is 2.81. The first-order valence-corrected chi connectivity index (χ1v) is 11.2. The van der Waals surface area contributed by atoms with Gasteiger partial charge in [-0.2, -0.15) is 0 Å². The van der Waals surface area contributed by atoms with Crippen LogP contribution in [0.1, 0.15) is 43.4 Å². The lowest BCUT2D eigenvalue weighted by Crippen LogP contribution is -2.56. The van der Waals surface area contributed by atoms with E-state index in [0.29, 0.717) is 5.91 Å². The predicted octanol–water partition coefficient (Wildman–Crippen LogP) is 4.78. The first-order chi connectivity index (χ1) is 14.7. The number of likely N-dealkylation sites (tertiary alicyclic amines) is 1. The fourth-order valence-corrected chi connectivity index (χ4v) is 4.95. The van der Waals surface area contributed by atoms with Crippen molar-refractivity contribution < 1.29 is 9.18 Å². The van der Waals surface area contributed by atoms with Gasteiger partial charge in [-0.05, 0) is 49.2 Å². The Morgan fingerprint density at radius 3 is 2.16 bits per heavy atom. The highest BCUT2D eigenvalue weighted by molar-refractivity contribution is 5.85. The highest BCUT2D eigenvalue weighted by Crippen LogP contribution is 2.30. The summed E-state index contributed by atoms with van der Waals surface area (Å²) in [6.07, 6.45) is 3.32. The SMILES string of the molecule is CCN1CCCC[C@H]1C(=O)N1CCN(C(c2ccccc2)c2ccc(F)cc2)CC1.Cl.Cl. The molecule has 0 aromatic heterocycles. The Bertz CT molecular complexity index is 829. The molecule has 176 valence electrons. The molecule has 2 aromatic carbocycles. The molecule has 1 unspecified atom stereocenters. The number of piperidine rings is 1. The highest BCUT2D eigenvalue weighted by atomic mass is 35.5. The summed E-state index contributed by atoms with van der Waals surface area (Å²) < 4.78 is 13.5. The number of hydrogen-bond donors (Lipinski definition) is 0. The summed E-state index contributed by atoms with van der Waals surface area (Å²) in [5, 5.41) is 0. The summed E-state index contributed by atoms with van der Waals surface area (Å²) in [4.78, 5) is 20.0. The van der Waals surface area contributed by atoms with Gasteiger partial charge in [-0.25, -0.2) is 4.39 Å². The summed E-state index contributed by atoms with van der Waals surface area (Å²) in [6, 6.07) is 17.3. The van der Waals surface area contributed by atoms with Gasteiger partial charge >= 0.3 is 0 Å². The number of piperazine rings is 1. The van der Waals surface area contributed by atoms with Crippen molar-refractivity contribution in [1.82, 2.24) is 14.7 Å². The number of nitrogens with zero attached hydrogens (tertiary/aromatic N) is 3. The van der Waals surface area contributed by atoms with Crippen LogP contribution in [0.5, 0.6) is 0 Å². The third-order valence-electron chi connectivity index (χ3n) is 6.60. The van der Waals surface area contributed by atoms with E-state index in [1.807, 2.05) is 30.3 Å². The quantitative estimate of drug-likeness (QED) is 0.614. The molecule has 0 radical (unpaired) electrons. The third-order valence-corrected chi connectivity index (χ3v) is 6.60. The summed E-state index contributed by atoms with van der Waals surface area (Å²) in [5.74, 6) is 0.0863. The summed E-state index contributed by atoms with van der Waals surface area (Å²) >= 11 is 0. The first-order valence-electron chi connectivity index (χ1n) is 11.2. The molecule has 4 rings (SSSR count). The van der Waals surface area contributed by atoms with Crippen LogP contribution in [-0.2, 0) is 4.79 Å². The van der Waals surface area contributed by atoms with Crippen LogP contribution >= 0.6 is 24.8 Å². The van der Waals surface area contributed by atoms with Crippen LogP contribution in [0.4, 0.5) is 4.39 Å². The van der Waals surface area contributed by atoms with Crippen molar-refractivity contribution in [3.63, 3.8) is 0 Å². The largest absolute Gasteiger partial charge is 0.339 e. The molecule has 2 aliphatic rings. The fourth-order valence-electron chi connectivity index (χ4n) is 4.95. The van der Waals surface area contributed by atoms with E-state index in [0.717, 1.165) is 57.7 Å². The van der Waals surface area contributed by atoms with Gasteiger partial charge in [-0.15, -0.1) is 24.8 Å². The van der Waals surface area contributed by atoms with Gasteiger partial charge in [0.15, 0.2) is 0 Å². The van der Waals surface area contributed by atoms with E-state index in [1.54, 1.807) is 0 Å². The first kappa shape index (κ1) is 26.6. The Labute approximate surface area is 203 Å². The van der Waals surface area contributed by atoms with Crippen molar-refractivity contribution in [2.45, 2.75) is 38.3 Å². The van der Waals surface area contributed by atoms with E-state index in [1.165, 1.54) is 24.1 Å². The van der Waals surface area contributed by atoms with Gasteiger partial charge in [0.05, 0.1) is 12.1 Å². The zero-order valence-corrected chi connectivity index (χ0v) is 20.3. The van der Waals surface area contributed by atoms with Crippen molar-refractivity contribution in [2.24, 2.45) is 0 Å². The molecule has 0 aliphatic carbocycles. The summed E-state index contributed by atoms with van der Waals surface area (Å²) in [5.41, 5.74) is 2.29. The molecule has 2 aliphatic heterocycles. The van der Waals surface area contributed by atoms with Gasteiger partial charge in [0.2, 0.25) is 5.91 Å². The minimum Gasteiger partial charge on any atom is -0.339 e. The Balaban J connectivity index is 0.00000181. The van der Waals surface area contributed by atoms with Gasteiger partial charge in [0.25, 0.3) is 0 Å². The minimum absolute atomic E-state index is 0. The van der Waals surface area contributed by atoms with Crippen LogP contribution in [0, 0.1) is 5.82 Å². The second-order valence-corrected chi connectivity index (χ2v) is 8.37. The van der Waals surface area contributed by atoms with Crippen LogP contribution in [-0.4, -0.2) is 65.9 Å². The molecule has 2 fully saturated rings. The number of benzene rings is 2. The molecule has 2 atom stereocenters. The molecule has 4 nitrogen and oxygen atoms in total. The lowest BCUT2D eigenvalue weighted by atomic mass is 9.96. The van der Waals surface area contributed by atoms with Crippen molar-refractivity contribution in [1.29, 1.82) is 0 Å². The normalized spacial score (nSPS) is 20.7.